The molecule has 0 saturated carbocycles. The Morgan fingerprint density at radius 2 is 1.68 bits per heavy atom. The smallest absolute Gasteiger partial charge is 0.315 e. The van der Waals surface area contributed by atoms with E-state index in [-0.39, 0.29) is 17.0 Å². The first kappa shape index (κ1) is 16.4. The van der Waals surface area contributed by atoms with E-state index in [0.29, 0.717) is 18.7 Å². The van der Waals surface area contributed by atoms with Gasteiger partial charge in [-0.15, -0.1) is 0 Å². The largest absolute Gasteiger partial charge is 0.319 e. The highest BCUT2D eigenvalue weighted by Gasteiger charge is 2.40. The molecule has 0 N–H and O–H groups in total. The van der Waals surface area contributed by atoms with Crippen molar-refractivity contribution in [2.24, 2.45) is 5.41 Å². The van der Waals surface area contributed by atoms with Crippen molar-refractivity contribution in [2.75, 3.05) is 13.1 Å². The Kier molecular flexibility index (Phi) is 4.66. The lowest BCUT2D eigenvalue weighted by Crippen LogP contribution is -2.56. The monoisotopic (exact) mass is 274 g/mol. The molecule has 1 atom stereocenters. The summed E-state index contributed by atoms with van der Waals surface area (Å²) in [4.78, 5) is 3.52. The summed E-state index contributed by atoms with van der Waals surface area (Å²) in [6.07, 6.45) is 0.605. The van der Waals surface area contributed by atoms with Gasteiger partial charge in [0, 0.05) is 30.4 Å². The molecule has 1 unspecified atom stereocenters. The molecule has 1 rings (SSSR count). The lowest BCUT2D eigenvalue weighted by Gasteiger charge is -2.47. The Labute approximate surface area is 116 Å². The summed E-state index contributed by atoms with van der Waals surface area (Å²) in [7, 11) is 0. The van der Waals surface area contributed by atoms with Gasteiger partial charge in [0.25, 0.3) is 0 Å². The van der Waals surface area contributed by atoms with Gasteiger partial charge in [-0.2, -0.15) is 8.78 Å². The molecular formula is C15H28F2N2. The van der Waals surface area contributed by atoms with E-state index in [1.54, 1.807) is 0 Å². The summed E-state index contributed by atoms with van der Waals surface area (Å²) in [5.74, 6) is 0. The summed E-state index contributed by atoms with van der Waals surface area (Å²) < 4.78 is 26.4. The average Bonchev–Trinajstić information content (AvgIpc) is 2.35. The van der Waals surface area contributed by atoms with E-state index >= 15 is 0 Å². The molecule has 4 heteroatoms. The molecular weight excluding hydrogens is 246 g/mol. The minimum absolute atomic E-state index is 0.0314. The highest BCUT2D eigenvalue weighted by atomic mass is 19.3. The van der Waals surface area contributed by atoms with Gasteiger partial charge < -0.3 is 4.90 Å². The topological polar surface area (TPSA) is 6.48 Å². The maximum Gasteiger partial charge on any atom is 0.315 e. The van der Waals surface area contributed by atoms with E-state index in [2.05, 4.69) is 53.0 Å². The molecule has 112 valence electrons. The minimum atomic E-state index is -2.46. The van der Waals surface area contributed by atoms with Gasteiger partial charge in [-0.05, 0) is 32.6 Å². The Morgan fingerprint density at radius 1 is 1.16 bits per heavy atom. The molecule has 0 aliphatic carbocycles. The minimum Gasteiger partial charge on any atom is -0.319 e. The molecule has 0 aromatic heterocycles. The molecule has 0 bridgehead atoms. The fourth-order valence-corrected chi connectivity index (χ4v) is 2.72. The lowest BCUT2D eigenvalue weighted by atomic mass is 9.83. The first-order valence-electron chi connectivity index (χ1n) is 6.94. The highest BCUT2D eigenvalue weighted by Crippen LogP contribution is 2.34. The van der Waals surface area contributed by atoms with E-state index in [0.717, 1.165) is 6.54 Å². The molecule has 19 heavy (non-hydrogen) atoms. The zero-order valence-electron chi connectivity index (χ0n) is 13.1. The quantitative estimate of drug-likeness (QED) is 0.668. The van der Waals surface area contributed by atoms with Gasteiger partial charge in [0.15, 0.2) is 0 Å². The summed E-state index contributed by atoms with van der Waals surface area (Å²) in [6, 6.07) is 0.0840. The van der Waals surface area contributed by atoms with Crippen LogP contribution in [0.1, 0.15) is 48.0 Å². The van der Waals surface area contributed by atoms with Gasteiger partial charge in [-0.1, -0.05) is 27.4 Å². The first-order chi connectivity index (χ1) is 8.44. The number of halogens is 2. The van der Waals surface area contributed by atoms with Crippen LogP contribution in [0.25, 0.3) is 0 Å². The number of hydrogen-bond donors (Lipinski definition) is 0. The van der Waals surface area contributed by atoms with E-state index in [1.807, 2.05) is 0 Å². The third-order valence-corrected chi connectivity index (χ3v) is 3.89. The van der Waals surface area contributed by atoms with E-state index in [4.69, 9.17) is 0 Å². The molecule has 0 radical (unpaired) electrons. The van der Waals surface area contributed by atoms with Crippen LogP contribution in [-0.2, 0) is 0 Å². The Hall–Kier alpha value is -0.640. The van der Waals surface area contributed by atoms with Gasteiger partial charge in [0.2, 0.25) is 0 Å². The number of hydrogen-bond acceptors (Lipinski definition) is 2. The van der Waals surface area contributed by atoms with Crippen LogP contribution >= 0.6 is 0 Å². The third-order valence-electron chi connectivity index (χ3n) is 3.89. The summed E-state index contributed by atoms with van der Waals surface area (Å²) in [5.41, 5.74) is 0.470. The van der Waals surface area contributed by atoms with Crippen molar-refractivity contribution in [1.82, 2.24) is 9.80 Å². The second-order valence-corrected chi connectivity index (χ2v) is 7.49. The van der Waals surface area contributed by atoms with Crippen LogP contribution < -0.4 is 0 Å². The van der Waals surface area contributed by atoms with Crippen molar-refractivity contribution in [1.29, 1.82) is 0 Å². The van der Waals surface area contributed by atoms with Crippen molar-refractivity contribution >= 4 is 0 Å². The van der Waals surface area contributed by atoms with Crippen molar-refractivity contribution in [2.45, 2.75) is 66.1 Å². The number of nitrogens with zero attached hydrogens (tertiary/aromatic N) is 2. The summed E-state index contributed by atoms with van der Waals surface area (Å²) in [5, 5.41) is 0. The Balaban J connectivity index is 3.11. The maximum absolute atomic E-state index is 13.2. The van der Waals surface area contributed by atoms with E-state index < -0.39 is 6.55 Å². The molecule has 0 amide bonds. The molecule has 1 aliphatic heterocycles. The molecule has 2 nitrogen and oxygen atoms in total. The van der Waals surface area contributed by atoms with Crippen LogP contribution in [0.3, 0.4) is 0 Å². The Morgan fingerprint density at radius 3 is 2.05 bits per heavy atom. The van der Waals surface area contributed by atoms with Crippen LogP contribution in [-0.4, -0.2) is 41.0 Å². The fourth-order valence-electron chi connectivity index (χ4n) is 2.72. The van der Waals surface area contributed by atoms with Gasteiger partial charge in [-0.25, -0.2) is 0 Å². The van der Waals surface area contributed by atoms with Crippen molar-refractivity contribution in [3.05, 3.63) is 12.3 Å². The molecule has 1 saturated heterocycles. The second-order valence-electron chi connectivity index (χ2n) is 7.49. The summed E-state index contributed by atoms with van der Waals surface area (Å²) >= 11 is 0. The SMILES string of the molecule is C=C1CCN(C(C)(C)C)C(C(C)(C)C)CN1C(F)F. The normalized spacial score (nSPS) is 23.9. The maximum atomic E-state index is 13.2. The zero-order valence-corrected chi connectivity index (χ0v) is 13.1. The third kappa shape index (κ3) is 3.91. The van der Waals surface area contributed by atoms with Crippen molar-refractivity contribution < 1.29 is 8.78 Å². The van der Waals surface area contributed by atoms with Crippen molar-refractivity contribution in [3.8, 4) is 0 Å². The first-order valence-corrected chi connectivity index (χ1v) is 6.94. The average molecular weight is 274 g/mol. The Bertz CT molecular complexity index is 326. The zero-order chi connectivity index (χ0) is 15.0. The summed E-state index contributed by atoms with van der Waals surface area (Å²) in [6.45, 7) is 15.3. The molecule has 0 aromatic carbocycles. The predicted molar refractivity (Wildman–Crippen MR) is 76.2 cm³/mol. The van der Waals surface area contributed by atoms with Crippen LogP contribution in [0, 0.1) is 5.41 Å². The van der Waals surface area contributed by atoms with Crippen LogP contribution in [0.15, 0.2) is 12.3 Å². The van der Waals surface area contributed by atoms with E-state index in [1.165, 1.54) is 4.90 Å². The second kappa shape index (κ2) is 5.39. The van der Waals surface area contributed by atoms with Gasteiger partial charge in [0.1, 0.15) is 0 Å². The fraction of sp³-hybridized carbons (Fsp3) is 0.867. The molecule has 0 aromatic rings. The predicted octanol–water partition coefficient (Wildman–Crippen LogP) is 3.94. The van der Waals surface area contributed by atoms with Gasteiger partial charge in [-0.3, -0.25) is 4.90 Å². The highest BCUT2D eigenvalue weighted by molar-refractivity contribution is 5.04. The van der Waals surface area contributed by atoms with Crippen LogP contribution in [0.4, 0.5) is 8.78 Å². The molecule has 0 spiro atoms. The molecule has 1 heterocycles. The van der Waals surface area contributed by atoms with E-state index in [9.17, 15) is 8.78 Å². The van der Waals surface area contributed by atoms with Gasteiger partial charge in [0.05, 0.1) is 0 Å². The van der Waals surface area contributed by atoms with Crippen LogP contribution in [0.2, 0.25) is 0 Å². The lowest BCUT2D eigenvalue weighted by molar-refractivity contribution is -0.0371. The molecule has 1 aliphatic rings. The number of alkyl halides is 2. The standard InChI is InChI=1S/C15H28F2N2/c1-11-8-9-19(15(5,6)7)12(14(2,3)4)10-18(11)13(16)17/h12-13H,1,8-10H2,2-7H3. The molecule has 1 fully saturated rings. The van der Waals surface area contributed by atoms with Crippen LogP contribution in [0.5, 0.6) is 0 Å². The number of rotatable bonds is 1. The van der Waals surface area contributed by atoms with Crippen molar-refractivity contribution in [3.63, 3.8) is 0 Å². The van der Waals surface area contributed by atoms with Gasteiger partial charge >= 0.3 is 6.55 Å².